The molecule has 0 aliphatic carbocycles. The van der Waals surface area contributed by atoms with E-state index in [9.17, 15) is 31.7 Å². The van der Waals surface area contributed by atoms with Crippen molar-refractivity contribution in [2.24, 2.45) is 7.05 Å². The lowest BCUT2D eigenvalue weighted by atomic mass is 9.88. The molecule has 7 nitrogen and oxygen atoms in total. The Morgan fingerprint density at radius 1 is 1.26 bits per heavy atom. The summed E-state index contributed by atoms with van der Waals surface area (Å²) >= 11 is 0. The molecular weight excluding hydrogens is 488 g/mol. The summed E-state index contributed by atoms with van der Waals surface area (Å²) in [7, 11) is -0.852. The van der Waals surface area contributed by atoms with E-state index in [1.54, 1.807) is 0 Å². The molecule has 0 radical (unpaired) electrons. The smallest absolute Gasteiger partial charge is 0.385 e. The number of fused-ring (bicyclic) bond motifs is 1. The summed E-state index contributed by atoms with van der Waals surface area (Å²) in [6, 6.07) is 3.55. The number of nitrogens with zero attached hydrogens (tertiary/aromatic N) is 3. The first-order chi connectivity index (χ1) is 16.2. The molecule has 1 aromatic carbocycles. The first kappa shape index (κ1) is 25.1. The monoisotopic (exact) mass is 512 g/mol. The number of alkyl halides is 3. The largest absolute Gasteiger partial charge is 0.419 e. The number of hydrogen-bond acceptors (Lipinski definition) is 6. The van der Waals surface area contributed by atoms with Crippen LogP contribution in [0, 0.1) is 5.82 Å². The lowest BCUT2D eigenvalue weighted by molar-refractivity contribution is -0.140. The maximum Gasteiger partial charge on any atom is 0.419 e. The van der Waals surface area contributed by atoms with Crippen LogP contribution in [0.4, 0.5) is 23.4 Å². The van der Waals surface area contributed by atoms with Gasteiger partial charge in [-0.25, -0.2) is 14.4 Å². The van der Waals surface area contributed by atoms with E-state index < -0.39 is 44.3 Å². The van der Waals surface area contributed by atoms with Gasteiger partial charge in [-0.2, -0.15) is 13.2 Å². The van der Waals surface area contributed by atoms with Gasteiger partial charge in [-0.3, -0.25) is 13.6 Å². The van der Waals surface area contributed by atoms with E-state index in [4.69, 9.17) is 0 Å². The summed E-state index contributed by atoms with van der Waals surface area (Å²) in [4.78, 5) is 21.3. The molecule has 1 saturated heterocycles. The highest BCUT2D eigenvalue weighted by Crippen LogP contribution is 2.36. The molecule has 4 rings (SSSR count). The second kappa shape index (κ2) is 8.59. The zero-order valence-corrected chi connectivity index (χ0v) is 19.8. The summed E-state index contributed by atoms with van der Waals surface area (Å²) in [5.74, 6) is 2.76. The Bertz CT molecular complexity index is 1450. The Morgan fingerprint density at radius 3 is 2.54 bits per heavy atom. The fraction of sp³-hybridized carbons (Fsp3) is 0.391. The molecule has 0 saturated carbocycles. The SMILES string of the molecule is C=S1(=O)CCC(O)(c2cc3c(N[C@H](C)c4cccc(C(F)(F)F)c4F)ncnc3n(C)c2=O)CC1. The Balaban J connectivity index is 1.78. The van der Waals surface area contributed by atoms with Crippen LogP contribution in [0.15, 0.2) is 35.4 Å². The average Bonchev–Trinajstić information content (AvgIpc) is 2.78. The van der Waals surface area contributed by atoms with Crippen molar-refractivity contribution in [3.63, 3.8) is 0 Å². The molecule has 0 amide bonds. The molecule has 2 N–H and O–H groups in total. The summed E-state index contributed by atoms with van der Waals surface area (Å²) in [6.45, 7) is 1.48. The Morgan fingerprint density at radius 2 is 1.91 bits per heavy atom. The molecule has 35 heavy (non-hydrogen) atoms. The predicted molar refractivity (Wildman–Crippen MR) is 126 cm³/mol. The van der Waals surface area contributed by atoms with E-state index in [-0.39, 0.29) is 46.9 Å². The zero-order valence-electron chi connectivity index (χ0n) is 19.0. The van der Waals surface area contributed by atoms with Crippen molar-refractivity contribution in [2.45, 2.75) is 37.6 Å². The van der Waals surface area contributed by atoms with Crippen molar-refractivity contribution < 1.29 is 26.9 Å². The fourth-order valence-corrected chi connectivity index (χ4v) is 5.93. The lowest BCUT2D eigenvalue weighted by Crippen LogP contribution is -2.42. The molecule has 188 valence electrons. The van der Waals surface area contributed by atoms with Crippen molar-refractivity contribution in [2.75, 3.05) is 16.8 Å². The maximum atomic E-state index is 14.7. The third-order valence-electron chi connectivity index (χ3n) is 6.43. The molecule has 3 heterocycles. The number of aromatic nitrogens is 3. The summed E-state index contributed by atoms with van der Waals surface area (Å²) in [5, 5.41) is 14.5. The summed E-state index contributed by atoms with van der Waals surface area (Å²) in [5.41, 5.74) is -3.33. The molecule has 1 fully saturated rings. The number of benzene rings is 1. The van der Waals surface area contributed by atoms with Crippen LogP contribution in [0.3, 0.4) is 0 Å². The third kappa shape index (κ3) is 4.64. The van der Waals surface area contributed by atoms with Crippen LogP contribution in [0.2, 0.25) is 0 Å². The van der Waals surface area contributed by atoms with Crippen molar-refractivity contribution in [3.05, 3.63) is 63.5 Å². The van der Waals surface area contributed by atoms with Gasteiger partial charge in [0.15, 0.2) is 0 Å². The van der Waals surface area contributed by atoms with Gasteiger partial charge in [0.25, 0.3) is 5.56 Å². The number of nitrogens with one attached hydrogen (secondary N) is 1. The molecular formula is C23H24F4N4O3S. The normalized spacial score (nSPS) is 23.9. The standard InChI is InChI=1S/C23H24F4N4O3S/c1-13(14-5-4-6-16(18(14)24)23(25,26)27)30-19-15-11-17(21(32)31(2)20(15)29-12-28-19)22(33)7-9-35(3,34)10-8-22/h4-6,11-13,33H,3,7-10H2,1-2H3,(H,28,29,30)/t13-,22?,35?/m1/s1. The van der Waals surface area contributed by atoms with Gasteiger partial charge in [0, 0.05) is 29.7 Å². The van der Waals surface area contributed by atoms with E-state index in [0.717, 1.165) is 6.07 Å². The molecule has 2 aromatic heterocycles. The minimum absolute atomic E-state index is 0.0677. The second-order valence-corrected chi connectivity index (χ2v) is 11.6. The van der Waals surface area contributed by atoms with E-state index in [0.29, 0.717) is 11.5 Å². The minimum Gasteiger partial charge on any atom is -0.385 e. The van der Waals surface area contributed by atoms with Crippen LogP contribution in [0.1, 0.15) is 42.5 Å². The number of pyridine rings is 1. The third-order valence-corrected chi connectivity index (χ3v) is 8.33. The van der Waals surface area contributed by atoms with Crippen LogP contribution >= 0.6 is 0 Å². The van der Waals surface area contributed by atoms with Crippen LogP contribution in [0.5, 0.6) is 0 Å². The maximum absolute atomic E-state index is 14.7. The Labute approximate surface area is 198 Å². The first-order valence-electron chi connectivity index (χ1n) is 10.8. The van der Waals surface area contributed by atoms with Gasteiger partial charge in [0.2, 0.25) is 0 Å². The lowest BCUT2D eigenvalue weighted by Gasteiger charge is -2.33. The van der Waals surface area contributed by atoms with Crippen LogP contribution in [-0.2, 0) is 28.3 Å². The van der Waals surface area contributed by atoms with Gasteiger partial charge in [0.05, 0.1) is 22.6 Å². The van der Waals surface area contributed by atoms with Crippen molar-refractivity contribution in [3.8, 4) is 0 Å². The number of halogens is 4. The molecule has 1 aliphatic heterocycles. The summed E-state index contributed by atoms with van der Waals surface area (Å²) in [6.07, 6.45) is -3.51. The quantitative estimate of drug-likeness (QED) is 0.411. The predicted octanol–water partition coefficient (Wildman–Crippen LogP) is 3.36. The van der Waals surface area contributed by atoms with E-state index in [1.165, 1.54) is 37.0 Å². The second-order valence-electron chi connectivity index (χ2n) is 8.86. The molecule has 3 aromatic rings. The highest BCUT2D eigenvalue weighted by atomic mass is 32.2. The van der Waals surface area contributed by atoms with Gasteiger partial charge in [0.1, 0.15) is 23.6 Å². The van der Waals surface area contributed by atoms with Crippen molar-refractivity contribution in [1.82, 2.24) is 14.5 Å². The van der Waals surface area contributed by atoms with Gasteiger partial charge in [-0.05, 0) is 47.3 Å². The zero-order chi connectivity index (χ0) is 25.8. The molecule has 1 atom stereocenters. The van der Waals surface area contributed by atoms with E-state index in [1.807, 2.05) is 0 Å². The number of aryl methyl sites for hydroxylation is 1. The number of hydrogen-bond donors (Lipinski definition) is 2. The van der Waals surface area contributed by atoms with Gasteiger partial charge in [-0.1, -0.05) is 12.1 Å². The Kier molecular flexibility index (Phi) is 6.17. The van der Waals surface area contributed by atoms with Crippen LogP contribution in [0.25, 0.3) is 11.0 Å². The van der Waals surface area contributed by atoms with E-state index >= 15 is 0 Å². The average molecular weight is 513 g/mol. The molecule has 0 bridgehead atoms. The van der Waals surface area contributed by atoms with Gasteiger partial charge < -0.3 is 10.4 Å². The number of anilines is 1. The fourth-order valence-electron chi connectivity index (χ4n) is 4.31. The number of rotatable bonds is 4. The molecule has 1 aliphatic rings. The van der Waals surface area contributed by atoms with Crippen LogP contribution in [-0.4, -0.2) is 41.2 Å². The highest BCUT2D eigenvalue weighted by molar-refractivity contribution is 8.00. The highest BCUT2D eigenvalue weighted by Gasteiger charge is 2.38. The molecule has 0 unspecified atom stereocenters. The summed E-state index contributed by atoms with van der Waals surface area (Å²) < 4.78 is 67.7. The van der Waals surface area contributed by atoms with Gasteiger partial charge >= 0.3 is 6.18 Å². The molecule has 0 spiro atoms. The topological polar surface area (TPSA) is 97.1 Å². The molecule has 12 heteroatoms. The van der Waals surface area contributed by atoms with Crippen LogP contribution < -0.4 is 10.9 Å². The van der Waals surface area contributed by atoms with E-state index in [2.05, 4.69) is 21.2 Å². The number of aliphatic hydroxyl groups is 1. The Hall–Kier alpha value is -2.99. The van der Waals surface area contributed by atoms with Crippen molar-refractivity contribution in [1.29, 1.82) is 0 Å². The first-order valence-corrected chi connectivity index (χ1v) is 12.8. The van der Waals surface area contributed by atoms with Crippen molar-refractivity contribution >= 4 is 32.2 Å². The minimum atomic E-state index is -4.85. The van der Waals surface area contributed by atoms with Gasteiger partial charge in [-0.15, -0.1) is 0 Å².